The molecule has 0 fully saturated rings. The maximum Gasteiger partial charge on any atom is -0.0308 e. The number of allylic oxidation sites excluding steroid dienone is 5. The van der Waals surface area contributed by atoms with E-state index in [1.54, 1.807) is 0 Å². The topological polar surface area (TPSA) is 0 Å². The summed E-state index contributed by atoms with van der Waals surface area (Å²) in [4.78, 5) is 0. The predicted molar refractivity (Wildman–Crippen MR) is 43.4 cm³/mol. The number of hydrogen-bond acceptors (Lipinski definition) is 0. The van der Waals surface area contributed by atoms with E-state index < -0.39 is 0 Å². The first-order valence-corrected chi connectivity index (χ1v) is 3.29. The second kappa shape index (κ2) is 5.36. The maximum absolute atomic E-state index is 3.68. The molecule has 0 atom stereocenters. The second-order valence-corrected chi connectivity index (χ2v) is 1.83. The highest BCUT2D eigenvalue weighted by Crippen LogP contribution is 2.00. The minimum absolute atomic E-state index is 1.06. The molecule has 0 aliphatic heterocycles. The average Bonchev–Trinajstić information content (AvgIpc) is 1.91. The first kappa shape index (κ1) is 8.22. The minimum atomic E-state index is 1.06. The molecule has 0 heterocycles. The van der Waals surface area contributed by atoms with Gasteiger partial charge in [-0.25, -0.2) is 0 Å². The van der Waals surface area contributed by atoms with E-state index in [0.717, 1.165) is 6.42 Å². The quantitative estimate of drug-likeness (QED) is 0.504. The van der Waals surface area contributed by atoms with E-state index in [9.17, 15) is 0 Å². The predicted octanol–water partition coefficient (Wildman–Crippen LogP) is 3.08. The molecule has 0 heteroatoms. The third kappa shape index (κ3) is 3.77. The lowest BCUT2D eigenvalue weighted by atomic mass is 10.2. The normalized spacial score (nSPS) is 12.4. The van der Waals surface area contributed by atoms with Gasteiger partial charge in [0.1, 0.15) is 0 Å². The molecule has 0 radical (unpaired) electrons. The molecule has 9 heavy (non-hydrogen) atoms. The summed E-state index contributed by atoms with van der Waals surface area (Å²) in [6.45, 7) is 7.81. The Hall–Kier alpha value is -0.780. The monoisotopic (exact) mass is 122 g/mol. The molecule has 0 aromatic rings. The van der Waals surface area contributed by atoms with Gasteiger partial charge in [0.25, 0.3) is 0 Å². The Morgan fingerprint density at radius 3 is 2.56 bits per heavy atom. The Morgan fingerprint density at radius 2 is 2.22 bits per heavy atom. The van der Waals surface area contributed by atoms with Crippen molar-refractivity contribution in [2.75, 3.05) is 0 Å². The zero-order valence-corrected chi connectivity index (χ0v) is 6.22. The largest absolute Gasteiger partial charge is 0.0988 e. The van der Waals surface area contributed by atoms with E-state index in [1.807, 2.05) is 25.2 Å². The summed E-state index contributed by atoms with van der Waals surface area (Å²) in [5.41, 5.74) is 1.29. The highest BCUT2D eigenvalue weighted by atomic mass is 13.9. The van der Waals surface area contributed by atoms with Crippen molar-refractivity contribution in [3.05, 3.63) is 36.5 Å². The Kier molecular flexibility index (Phi) is 4.89. The molecule has 0 unspecified atom stereocenters. The van der Waals surface area contributed by atoms with Crippen LogP contribution < -0.4 is 0 Å². The summed E-state index contributed by atoms with van der Waals surface area (Å²) in [7, 11) is 0. The maximum atomic E-state index is 3.68. The molecule has 0 bridgehead atoms. The highest BCUT2D eigenvalue weighted by molar-refractivity contribution is 5.21. The summed E-state index contributed by atoms with van der Waals surface area (Å²) in [5, 5.41) is 0. The third-order valence-corrected chi connectivity index (χ3v) is 1.17. The molecular formula is C9H14. The van der Waals surface area contributed by atoms with Crippen LogP contribution in [0.5, 0.6) is 0 Å². The molecule has 0 saturated carbocycles. The smallest absolute Gasteiger partial charge is 0.0308 e. The molecule has 0 aliphatic rings. The zero-order valence-electron chi connectivity index (χ0n) is 6.22. The standard InChI is InChI=1S/C9H14/c1-4-7-8-9(5-2)6-3/h4-5,7-8H,2,6H2,1,3H3/b7-4-,9-8?. The molecule has 0 N–H and O–H groups in total. The van der Waals surface area contributed by atoms with Crippen molar-refractivity contribution in [2.45, 2.75) is 20.3 Å². The SMILES string of the molecule is C=CC(=C/C=C\C)CC. The van der Waals surface area contributed by atoms with Gasteiger partial charge in [-0.3, -0.25) is 0 Å². The van der Waals surface area contributed by atoms with Gasteiger partial charge in [-0.05, 0) is 18.9 Å². The fraction of sp³-hybridized carbons (Fsp3) is 0.333. The van der Waals surface area contributed by atoms with Crippen molar-refractivity contribution in [3.8, 4) is 0 Å². The Labute approximate surface area is 57.6 Å². The Bertz CT molecular complexity index is 127. The summed E-state index contributed by atoms with van der Waals surface area (Å²) >= 11 is 0. The van der Waals surface area contributed by atoms with Gasteiger partial charge < -0.3 is 0 Å². The molecule has 0 spiro atoms. The number of rotatable bonds is 3. The van der Waals surface area contributed by atoms with Gasteiger partial charge >= 0.3 is 0 Å². The highest BCUT2D eigenvalue weighted by Gasteiger charge is 1.79. The number of hydrogen-bond donors (Lipinski definition) is 0. The molecule has 0 aromatic heterocycles. The van der Waals surface area contributed by atoms with Gasteiger partial charge in [-0.15, -0.1) is 0 Å². The van der Waals surface area contributed by atoms with Crippen LogP contribution in [-0.2, 0) is 0 Å². The van der Waals surface area contributed by atoms with Crippen LogP contribution in [0.1, 0.15) is 20.3 Å². The summed E-state index contributed by atoms with van der Waals surface area (Å²) in [5.74, 6) is 0. The Balaban J connectivity index is 3.90. The third-order valence-electron chi connectivity index (χ3n) is 1.17. The molecular weight excluding hydrogens is 108 g/mol. The molecule has 50 valence electrons. The lowest BCUT2D eigenvalue weighted by Gasteiger charge is -1.89. The first-order chi connectivity index (χ1) is 4.35. The van der Waals surface area contributed by atoms with Crippen LogP contribution in [0.15, 0.2) is 36.5 Å². The van der Waals surface area contributed by atoms with Crippen molar-refractivity contribution < 1.29 is 0 Å². The molecule has 0 amide bonds. The van der Waals surface area contributed by atoms with Crippen molar-refractivity contribution in [1.29, 1.82) is 0 Å². The van der Waals surface area contributed by atoms with Crippen LogP contribution in [0.2, 0.25) is 0 Å². The lowest BCUT2D eigenvalue weighted by Crippen LogP contribution is -1.69. The summed E-state index contributed by atoms with van der Waals surface area (Å²) < 4.78 is 0. The molecule has 0 nitrogen and oxygen atoms in total. The van der Waals surface area contributed by atoms with Gasteiger partial charge in [0.15, 0.2) is 0 Å². The van der Waals surface area contributed by atoms with Crippen LogP contribution in [0, 0.1) is 0 Å². The molecule has 0 saturated heterocycles. The lowest BCUT2D eigenvalue weighted by molar-refractivity contribution is 1.15. The molecule has 0 aromatic carbocycles. The fourth-order valence-corrected chi connectivity index (χ4v) is 0.550. The van der Waals surface area contributed by atoms with Crippen molar-refractivity contribution >= 4 is 0 Å². The van der Waals surface area contributed by atoms with Gasteiger partial charge in [0.05, 0.1) is 0 Å². The van der Waals surface area contributed by atoms with Gasteiger partial charge in [-0.2, -0.15) is 0 Å². The van der Waals surface area contributed by atoms with Crippen molar-refractivity contribution in [3.63, 3.8) is 0 Å². The van der Waals surface area contributed by atoms with Gasteiger partial charge in [-0.1, -0.05) is 37.8 Å². The van der Waals surface area contributed by atoms with Crippen LogP contribution >= 0.6 is 0 Å². The summed E-state index contributed by atoms with van der Waals surface area (Å²) in [6, 6.07) is 0. The fourth-order valence-electron chi connectivity index (χ4n) is 0.550. The van der Waals surface area contributed by atoms with E-state index >= 15 is 0 Å². The van der Waals surface area contributed by atoms with Crippen molar-refractivity contribution in [1.82, 2.24) is 0 Å². The van der Waals surface area contributed by atoms with Crippen LogP contribution in [-0.4, -0.2) is 0 Å². The van der Waals surface area contributed by atoms with Crippen molar-refractivity contribution in [2.24, 2.45) is 0 Å². The van der Waals surface area contributed by atoms with E-state index in [-0.39, 0.29) is 0 Å². The van der Waals surface area contributed by atoms with E-state index in [2.05, 4.69) is 19.6 Å². The Morgan fingerprint density at radius 1 is 1.56 bits per heavy atom. The second-order valence-electron chi connectivity index (χ2n) is 1.83. The van der Waals surface area contributed by atoms with Gasteiger partial charge in [0.2, 0.25) is 0 Å². The zero-order chi connectivity index (χ0) is 7.11. The van der Waals surface area contributed by atoms with Crippen LogP contribution in [0.25, 0.3) is 0 Å². The van der Waals surface area contributed by atoms with E-state index in [1.165, 1.54) is 5.57 Å². The first-order valence-electron chi connectivity index (χ1n) is 3.29. The molecule has 0 rings (SSSR count). The van der Waals surface area contributed by atoms with Crippen LogP contribution in [0.3, 0.4) is 0 Å². The minimum Gasteiger partial charge on any atom is -0.0988 e. The van der Waals surface area contributed by atoms with Gasteiger partial charge in [0, 0.05) is 0 Å². The van der Waals surface area contributed by atoms with E-state index in [4.69, 9.17) is 0 Å². The molecule has 0 aliphatic carbocycles. The van der Waals surface area contributed by atoms with E-state index in [0.29, 0.717) is 0 Å². The average molecular weight is 122 g/mol. The van der Waals surface area contributed by atoms with Crippen LogP contribution in [0.4, 0.5) is 0 Å². The summed E-state index contributed by atoms with van der Waals surface area (Å²) in [6.07, 6.45) is 9.07.